The van der Waals surface area contributed by atoms with E-state index in [1.807, 2.05) is 6.08 Å². The van der Waals surface area contributed by atoms with Gasteiger partial charge in [-0.15, -0.1) is 0 Å². The summed E-state index contributed by atoms with van der Waals surface area (Å²) in [5.74, 6) is -0.935. The molecule has 1 rings (SSSR count). The lowest BCUT2D eigenvalue weighted by molar-refractivity contribution is -0.132. The lowest BCUT2D eigenvalue weighted by atomic mass is 10.4. The van der Waals surface area contributed by atoms with Crippen molar-refractivity contribution in [2.45, 2.75) is 6.92 Å². The summed E-state index contributed by atoms with van der Waals surface area (Å²) in [7, 11) is 0. The molecule has 1 N–H and O–H groups in total. The van der Waals surface area contributed by atoms with Gasteiger partial charge in [-0.25, -0.2) is 4.79 Å². The number of ether oxygens (including phenoxy) is 1. The van der Waals surface area contributed by atoms with Gasteiger partial charge in [0.15, 0.2) is 0 Å². The molecule has 0 radical (unpaired) electrons. The monoisotopic (exact) mass is 142 g/mol. The molecule has 0 aromatic rings. The first-order valence-corrected chi connectivity index (χ1v) is 2.80. The summed E-state index contributed by atoms with van der Waals surface area (Å²) in [6.07, 6.45) is 3.64. The lowest BCUT2D eigenvalue weighted by Crippen LogP contribution is -1.92. The van der Waals surface area contributed by atoms with E-state index in [9.17, 15) is 4.79 Å². The molecular weight excluding hydrogens is 132 g/mol. The zero-order valence-corrected chi connectivity index (χ0v) is 5.83. The maximum atomic E-state index is 9.60. The van der Waals surface area contributed by atoms with Crippen molar-refractivity contribution >= 4 is 5.97 Å². The summed E-state index contributed by atoms with van der Waals surface area (Å²) in [6.45, 7) is 5.42. The Hall–Kier alpha value is -1.25. The fraction of sp³-hybridized carbons (Fsp3) is 0.286. The van der Waals surface area contributed by atoms with Crippen molar-refractivity contribution in [3.05, 3.63) is 24.5 Å². The third kappa shape index (κ3) is 4.90. The topological polar surface area (TPSA) is 46.5 Å². The van der Waals surface area contributed by atoms with Gasteiger partial charge >= 0.3 is 5.97 Å². The summed E-state index contributed by atoms with van der Waals surface area (Å²) in [6, 6.07) is 0. The largest absolute Gasteiger partial charge is 0.497 e. The fourth-order valence-corrected chi connectivity index (χ4v) is 0.0962. The molecule has 1 aliphatic heterocycles. The number of aliphatic carboxylic acids is 1. The second kappa shape index (κ2) is 4.61. The van der Waals surface area contributed by atoms with Gasteiger partial charge in [-0.3, -0.25) is 0 Å². The third-order valence-corrected chi connectivity index (χ3v) is 0.750. The Kier molecular flexibility index (Phi) is 4.04. The molecule has 0 amide bonds. The van der Waals surface area contributed by atoms with E-state index >= 15 is 0 Å². The number of rotatable bonds is 1. The molecule has 0 saturated heterocycles. The number of carbonyl (C=O) groups is 1. The van der Waals surface area contributed by atoms with Gasteiger partial charge in [-0.1, -0.05) is 6.58 Å². The second-order valence-corrected chi connectivity index (χ2v) is 1.79. The molecule has 1 aliphatic rings. The van der Waals surface area contributed by atoms with E-state index in [0.29, 0.717) is 0 Å². The van der Waals surface area contributed by atoms with Gasteiger partial charge in [0.05, 0.1) is 6.26 Å². The highest BCUT2D eigenvalue weighted by atomic mass is 16.5. The van der Waals surface area contributed by atoms with Gasteiger partial charge in [0.1, 0.15) is 6.61 Å². The number of carboxylic acids is 1. The van der Waals surface area contributed by atoms with Crippen LogP contribution in [0.1, 0.15) is 6.92 Å². The molecule has 56 valence electrons. The molecule has 3 nitrogen and oxygen atoms in total. The predicted octanol–water partition coefficient (Wildman–Crippen LogP) is 1.18. The van der Waals surface area contributed by atoms with Gasteiger partial charge < -0.3 is 9.84 Å². The standard InChI is InChI=1S/C4H6O2.C3H4O/c1-3(2)4(5)6;1-2-4-3-1/h1H2,2H3,(H,5,6);1-2H,3H2. The molecule has 0 saturated carbocycles. The zero-order chi connectivity index (χ0) is 7.98. The Labute approximate surface area is 59.6 Å². The average molecular weight is 142 g/mol. The predicted molar refractivity (Wildman–Crippen MR) is 37.5 cm³/mol. The lowest BCUT2D eigenvalue weighted by Gasteiger charge is -1.99. The second-order valence-electron chi connectivity index (χ2n) is 1.79. The Bertz CT molecular complexity index is 140. The van der Waals surface area contributed by atoms with E-state index in [-0.39, 0.29) is 5.57 Å². The van der Waals surface area contributed by atoms with Crippen LogP contribution in [-0.2, 0) is 9.53 Å². The minimum Gasteiger partial charge on any atom is -0.497 e. The molecule has 0 aromatic carbocycles. The van der Waals surface area contributed by atoms with Crippen molar-refractivity contribution in [3.63, 3.8) is 0 Å². The fourth-order valence-electron chi connectivity index (χ4n) is 0.0962. The molecular formula is C7H10O3. The first-order valence-electron chi connectivity index (χ1n) is 2.80. The summed E-state index contributed by atoms with van der Waals surface area (Å²) >= 11 is 0. The van der Waals surface area contributed by atoms with Crippen molar-refractivity contribution in [1.82, 2.24) is 0 Å². The Morgan fingerprint density at radius 3 is 2.00 bits per heavy atom. The molecule has 0 unspecified atom stereocenters. The molecule has 0 spiro atoms. The Balaban J connectivity index is 0.000000172. The van der Waals surface area contributed by atoms with Crippen molar-refractivity contribution in [2.75, 3.05) is 6.61 Å². The van der Waals surface area contributed by atoms with Crippen LogP contribution >= 0.6 is 0 Å². The molecule has 0 fully saturated rings. The van der Waals surface area contributed by atoms with Crippen LogP contribution in [0.2, 0.25) is 0 Å². The van der Waals surface area contributed by atoms with Gasteiger partial charge in [-0.05, 0) is 13.0 Å². The summed E-state index contributed by atoms with van der Waals surface area (Å²) in [5.41, 5.74) is 0.176. The smallest absolute Gasteiger partial charge is 0.330 e. The van der Waals surface area contributed by atoms with E-state index in [2.05, 4.69) is 11.3 Å². The molecule has 0 aromatic heterocycles. The number of carboxylic acid groups (broad SMARTS) is 1. The number of hydrogen-bond donors (Lipinski definition) is 1. The SMILES string of the molecule is C1=COC1.C=C(C)C(=O)O. The van der Waals surface area contributed by atoms with Crippen LogP contribution < -0.4 is 0 Å². The summed E-state index contributed by atoms with van der Waals surface area (Å²) in [5, 5.41) is 7.89. The van der Waals surface area contributed by atoms with E-state index in [1.165, 1.54) is 6.92 Å². The van der Waals surface area contributed by atoms with Crippen LogP contribution in [0.5, 0.6) is 0 Å². The maximum Gasteiger partial charge on any atom is 0.330 e. The van der Waals surface area contributed by atoms with Crippen molar-refractivity contribution in [3.8, 4) is 0 Å². The Morgan fingerprint density at radius 2 is 2.00 bits per heavy atom. The Morgan fingerprint density at radius 1 is 1.80 bits per heavy atom. The highest BCUT2D eigenvalue weighted by molar-refractivity contribution is 5.84. The first kappa shape index (κ1) is 8.75. The highest BCUT2D eigenvalue weighted by Gasteiger charge is 1.90. The normalized spacial score (nSPS) is 11.7. The van der Waals surface area contributed by atoms with Crippen molar-refractivity contribution < 1.29 is 14.6 Å². The maximum absolute atomic E-state index is 9.60. The third-order valence-electron chi connectivity index (χ3n) is 0.750. The van der Waals surface area contributed by atoms with Crippen LogP contribution in [-0.4, -0.2) is 17.7 Å². The molecule has 0 bridgehead atoms. The van der Waals surface area contributed by atoms with Gasteiger partial charge in [0.2, 0.25) is 0 Å². The van der Waals surface area contributed by atoms with E-state index in [1.54, 1.807) is 6.26 Å². The van der Waals surface area contributed by atoms with E-state index in [4.69, 9.17) is 5.11 Å². The van der Waals surface area contributed by atoms with Crippen LogP contribution in [0.15, 0.2) is 24.5 Å². The first-order chi connectivity index (χ1) is 4.64. The van der Waals surface area contributed by atoms with Crippen LogP contribution in [0.25, 0.3) is 0 Å². The van der Waals surface area contributed by atoms with Crippen LogP contribution in [0.4, 0.5) is 0 Å². The molecule has 0 atom stereocenters. The average Bonchev–Trinajstić information content (AvgIpc) is 1.59. The molecule has 10 heavy (non-hydrogen) atoms. The van der Waals surface area contributed by atoms with Crippen molar-refractivity contribution in [2.24, 2.45) is 0 Å². The van der Waals surface area contributed by atoms with Crippen molar-refractivity contribution in [1.29, 1.82) is 0 Å². The minimum atomic E-state index is -0.935. The van der Waals surface area contributed by atoms with E-state index < -0.39 is 5.97 Å². The van der Waals surface area contributed by atoms with Gasteiger partial charge in [0.25, 0.3) is 0 Å². The molecule has 0 aliphatic carbocycles. The minimum absolute atomic E-state index is 0.176. The summed E-state index contributed by atoms with van der Waals surface area (Å²) < 4.78 is 4.54. The highest BCUT2D eigenvalue weighted by Crippen LogP contribution is 1.87. The van der Waals surface area contributed by atoms with Gasteiger partial charge in [0, 0.05) is 5.57 Å². The van der Waals surface area contributed by atoms with E-state index in [0.717, 1.165) is 6.61 Å². The molecule has 1 heterocycles. The molecule has 3 heteroatoms. The van der Waals surface area contributed by atoms with Crippen LogP contribution in [0, 0.1) is 0 Å². The number of hydrogen-bond acceptors (Lipinski definition) is 2. The van der Waals surface area contributed by atoms with Crippen LogP contribution in [0.3, 0.4) is 0 Å². The zero-order valence-electron chi connectivity index (χ0n) is 5.83. The van der Waals surface area contributed by atoms with Gasteiger partial charge in [-0.2, -0.15) is 0 Å². The summed E-state index contributed by atoms with van der Waals surface area (Å²) in [4.78, 5) is 9.60. The quantitative estimate of drug-likeness (QED) is 0.559.